The molecule has 0 radical (unpaired) electrons. The van der Waals surface area contributed by atoms with Crippen LogP contribution in [0, 0.1) is 0 Å². The second-order valence-corrected chi connectivity index (χ2v) is 6.47. The maximum atomic E-state index is 12.4. The van der Waals surface area contributed by atoms with E-state index in [1.807, 2.05) is 6.92 Å². The lowest BCUT2D eigenvalue weighted by Gasteiger charge is -2.12. The van der Waals surface area contributed by atoms with Gasteiger partial charge in [-0.15, -0.1) is 0 Å². The van der Waals surface area contributed by atoms with Gasteiger partial charge in [-0.3, -0.25) is 14.9 Å². The van der Waals surface area contributed by atoms with Crippen LogP contribution in [0.1, 0.15) is 30.1 Å². The summed E-state index contributed by atoms with van der Waals surface area (Å²) in [6, 6.07) is 11.8. The lowest BCUT2D eigenvalue weighted by Crippen LogP contribution is -2.34. The minimum absolute atomic E-state index is 0.0311. The zero-order valence-electron chi connectivity index (χ0n) is 15.0. The van der Waals surface area contributed by atoms with Crippen LogP contribution in [0.2, 0.25) is 5.02 Å². The second-order valence-electron chi connectivity index (χ2n) is 5.63. The summed E-state index contributed by atoms with van der Waals surface area (Å²) in [5.74, 6) is -0.0707. The van der Waals surface area contributed by atoms with E-state index in [0.717, 1.165) is 6.42 Å². The number of carbonyl (C=O) groups excluding carboxylic acids is 2. The van der Waals surface area contributed by atoms with Crippen molar-refractivity contribution in [1.29, 1.82) is 0 Å². The molecule has 142 valence electrons. The van der Waals surface area contributed by atoms with Gasteiger partial charge in [-0.05, 0) is 61.1 Å². The van der Waals surface area contributed by atoms with E-state index in [2.05, 4.69) is 16.0 Å². The third-order valence-corrected chi connectivity index (χ3v) is 3.98. The highest BCUT2D eigenvalue weighted by atomic mass is 35.5. The van der Waals surface area contributed by atoms with Crippen LogP contribution in [0.15, 0.2) is 42.5 Å². The first kappa shape index (κ1) is 20.7. The molecule has 0 saturated heterocycles. The fraction of sp³-hybridized carbons (Fsp3) is 0.211. The van der Waals surface area contributed by atoms with Crippen LogP contribution in [0.4, 0.5) is 11.4 Å². The van der Waals surface area contributed by atoms with Crippen molar-refractivity contribution in [2.45, 2.75) is 19.8 Å². The number of nitrogens with one attached hydrogen (secondary N) is 3. The molecule has 0 fully saturated rings. The lowest BCUT2D eigenvalue weighted by atomic mass is 10.2. The Labute approximate surface area is 168 Å². The molecule has 2 rings (SSSR count). The maximum absolute atomic E-state index is 12.4. The Morgan fingerprint density at radius 2 is 1.70 bits per heavy atom. The van der Waals surface area contributed by atoms with Crippen molar-refractivity contribution < 1.29 is 14.3 Å². The van der Waals surface area contributed by atoms with E-state index in [1.54, 1.807) is 36.4 Å². The van der Waals surface area contributed by atoms with Gasteiger partial charge in [0.05, 0.1) is 12.7 Å². The summed E-state index contributed by atoms with van der Waals surface area (Å²) in [5.41, 5.74) is 1.65. The SMILES string of the molecule is CCCC(=O)Nc1ccc(NC(=S)NC(=O)c2cc(Cl)ccc2OC)cc1. The predicted molar refractivity (Wildman–Crippen MR) is 112 cm³/mol. The van der Waals surface area contributed by atoms with E-state index in [4.69, 9.17) is 28.6 Å². The summed E-state index contributed by atoms with van der Waals surface area (Å²) in [5, 5.41) is 8.84. The standard InChI is InChI=1S/C19H20ClN3O3S/c1-3-4-17(24)21-13-6-8-14(9-7-13)22-19(27)23-18(25)15-11-12(20)5-10-16(15)26-2/h5-11H,3-4H2,1-2H3,(H,21,24)(H2,22,23,25,27). The fourth-order valence-electron chi connectivity index (χ4n) is 2.28. The molecule has 0 atom stereocenters. The van der Waals surface area contributed by atoms with Gasteiger partial charge in [-0.2, -0.15) is 0 Å². The molecule has 0 saturated carbocycles. The van der Waals surface area contributed by atoms with E-state index in [1.165, 1.54) is 13.2 Å². The number of benzene rings is 2. The van der Waals surface area contributed by atoms with Crippen LogP contribution in [-0.4, -0.2) is 24.0 Å². The number of methoxy groups -OCH3 is 1. The summed E-state index contributed by atoms with van der Waals surface area (Å²) < 4.78 is 5.17. The van der Waals surface area contributed by atoms with Gasteiger partial charge < -0.3 is 15.4 Å². The number of carbonyl (C=O) groups is 2. The number of anilines is 2. The number of hydrogen-bond acceptors (Lipinski definition) is 4. The molecule has 0 heterocycles. The topological polar surface area (TPSA) is 79.5 Å². The predicted octanol–water partition coefficient (Wildman–Crippen LogP) is 4.21. The molecular weight excluding hydrogens is 386 g/mol. The van der Waals surface area contributed by atoms with E-state index in [9.17, 15) is 9.59 Å². The van der Waals surface area contributed by atoms with Crippen LogP contribution in [0.5, 0.6) is 5.75 Å². The Morgan fingerprint density at radius 1 is 1.07 bits per heavy atom. The molecule has 0 spiro atoms. The summed E-state index contributed by atoms with van der Waals surface area (Å²) in [6.45, 7) is 1.95. The molecule has 2 aromatic carbocycles. The van der Waals surface area contributed by atoms with Gasteiger partial charge in [0.1, 0.15) is 5.75 Å². The highest BCUT2D eigenvalue weighted by Crippen LogP contribution is 2.22. The molecule has 0 aromatic heterocycles. The Kier molecular flexibility index (Phi) is 7.57. The van der Waals surface area contributed by atoms with Crippen LogP contribution in [0.3, 0.4) is 0 Å². The molecule has 2 amide bonds. The summed E-state index contributed by atoms with van der Waals surface area (Å²) in [4.78, 5) is 24.0. The van der Waals surface area contributed by atoms with E-state index in [-0.39, 0.29) is 16.6 Å². The molecule has 0 aliphatic rings. The Balaban J connectivity index is 1.96. The van der Waals surface area contributed by atoms with Crippen molar-refractivity contribution in [1.82, 2.24) is 5.32 Å². The summed E-state index contributed by atoms with van der Waals surface area (Å²) in [6.07, 6.45) is 1.26. The molecule has 6 nitrogen and oxygen atoms in total. The van der Waals surface area contributed by atoms with Gasteiger partial charge in [-0.1, -0.05) is 18.5 Å². The minimum atomic E-state index is -0.435. The molecule has 0 aliphatic heterocycles. The van der Waals surface area contributed by atoms with Crippen molar-refractivity contribution >= 4 is 52.1 Å². The average molecular weight is 406 g/mol. The van der Waals surface area contributed by atoms with Crippen LogP contribution in [0.25, 0.3) is 0 Å². The average Bonchev–Trinajstić information content (AvgIpc) is 2.63. The normalized spacial score (nSPS) is 10.0. The number of rotatable bonds is 6. The van der Waals surface area contributed by atoms with E-state index >= 15 is 0 Å². The molecule has 2 aromatic rings. The van der Waals surface area contributed by atoms with E-state index in [0.29, 0.717) is 28.6 Å². The van der Waals surface area contributed by atoms with Crippen molar-refractivity contribution in [3.05, 3.63) is 53.1 Å². The summed E-state index contributed by atoms with van der Waals surface area (Å²) in [7, 11) is 1.47. The first-order valence-electron chi connectivity index (χ1n) is 8.28. The van der Waals surface area contributed by atoms with Gasteiger partial charge in [0, 0.05) is 22.8 Å². The monoisotopic (exact) mass is 405 g/mol. The highest BCUT2D eigenvalue weighted by Gasteiger charge is 2.14. The Morgan fingerprint density at radius 3 is 2.30 bits per heavy atom. The molecule has 0 aliphatic carbocycles. The minimum Gasteiger partial charge on any atom is -0.496 e. The zero-order valence-corrected chi connectivity index (χ0v) is 16.5. The molecule has 27 heavy (non-hydrogen) atoms. The lowest BCUT2D eigenvalue weighted by molar-refractivity contribution is -0.116. The molecule has 3 N–H and O–H groups in total. The Hall–Kier alpha value is -2.64. The fourth-order valence-corrected chi connectivity index (χ4v) is 2.66. The number of hydrogen-bond donors (Lipinski definition) is 3. The smallest absolute Gasteiger partial charge is 0.261 e. The quantitative estimate of drug-likeness (QED) is 0.627. The third-order valence-electron chi connectivity index (χ3n) is 3.54. The van der Waals surface area contributed by atoms with Gasteiger partial charge in [0.25, 0.3) is 5.91 Å². The number of thiocarbonyl (C=S) groups is 1. The highest BCUT2D eigenvalue weighted by molar-refractivity contribution is 7.80. The van der Waals surface area contributed by atoms with Crippen molar-refractivity contribution in [2.75, 3.05) is 17.7 Å². The van der Waals surface area contributed by atoms with Gasteiger partial charge in [-0.25, -0.2) is 0 Å². The molecule has 0 unspecified atom stereocenters. The van der Waals surface area contributed by atoms with Gasteiger partial charge in [0.15, 0.2) is 5.11 Å². The third kappa shape index (κ3) is 6.23. The maximum Gasteiger partial charge on any atom is 0.261 e. The first-order chi connectivity index (χ1) is 12.9. The van der Waals surface area contributed by atoms with Crippen molar-refractivity contribution in [3.8, 4) is 5.75 Å². The number of amides is 2. The van der Waals surface area contributed by atoms with Gasteiger partial charge >= 0.3 is 0 Å². The van der Waals surface area contributed by atoms with Crippen molar-refractivity contribution in [2.24, 2.45) is 0 Å². The largest absolute Gasteiger partial charge is 0.496 e. The first-order valence-corrected chi connectivity index (χ1v) is 9.07. The number of halogens is 1. The molecule has 8 heteroatoms. The number of ether oxygens (including phenoxy) is 1. The van der Waals surface area contributed by atoms with E-state index < -0.39 is 5.91 Å². The van der Waals surface area contributed by atoms with Crippen molar-refractivity contribution in [3.63, 3.8) is 0 Å². The molecule has 0 bridgehead atoms. The summed E-state index contributed by atoms with van der Waals surface area (Å²) >= 11 is 11.1. The second kappa shape index (κ2) is 9.89. The molecular formula is C19H20ClN3O3S. The van der Waals surface area contributed by atoms with Crippen LogP contribution in [-0.2, 0) is 4.79 Å². The Bertz CT molecular complexity index is 841. The van der Waals surface area contributed by atoms with Gasteiger partial charge in [0.2, 0.25) is 5.91 Å². The zero-order chi connectivity index (χ0) is 19.8. The van der Waals surface area contributed by atoms with Crippen LogP contribution >= 0.6 is 23.8 Å². The van der Waals surface area contributed by atoms with Crippen LogP contribution < -0.4 is 20.7 Å².